The van der Waals surface area contributed by atoms with Gasteiger partial charge in [0, 0.05) is 18.2 Å². The molecule has 2 N–H and O–H groups in total. The maximum absolute atomic E-state index is 11.9. The Morgan fingerprint density at radius 1 is 1.42 bits per heavy atom. The van der Waals surface area contributed by atoms with Gasteiger partial charge in [-0.15, -0.1) is 0 Å². The second-order valence-corrected chi connectivity index (χ2v) is 4.61. The summed E-state index contributed by atoms with van der Waals surface area (Å²) >= 11 is 0. The molecular formula is C13H17N3O3. The molecular weight excluding hydrogens is 246 g/mol. The van der Waals surface area contributed by atoms with Crippen LogP contribution in [-0.2, 0) is 11.3 Å². The molecule has 1 aromatic rings. The van der Waals surface area contributed by atoms with Crippen molar-refractivity contribution in [1.29, 1.82) is 0 Å². The molecule has 1 saturated heterocycles. The summed E-state index contributed by atoms with van der Waals surface area (Å²) in [6.45, 7) is 1.04. The van der Waals surface area contributed by atoms with Crippen LogP contribution in [0.3, 0.4) is 0 Å². The Morgan fingerprint density at radius 3 is 2.89 bits per heavy atom. The number of nitrogens with one attached hydrogen (secondary N) is 2. The summed E-state index contributed by atoms with van der Waals surface area (Å²) in [6.07, 6.45) is 2.95. The second-order valence-electron chi connectivity index (χ2n) is 4.61. The smallest absolute Gasteiger partial charge is 0.274 e. The highest BCUT2D eigenvalue weighted by atomic mass is 16.6. The van der Waals surface area contributed by atoms with Crippen LogP contribution < -0.4 is 10.6 Å². The molecule has 1 amide bonds. The first-order valence-corrected chi connectivity index (χ1v) is 6.42. The lowest BCUT2D eigenvalue weighted by atomic mass is 10.0. The molecule has 1 atom stereocenters. The molecule has 0 aromatic heterocycles. The van der Waals surface area contributed by atoms with Crippen molar-refractivity contribution in [3.63, 3.8) is 0 Å². The summed E-state index contributed by atoms with van der Waals surface area (Å²) in [4.78, 5) is 22.3. The average molecular weight is 263 g/mol. The van der Waals surface area contributed by atoms with Crippen molar-refractivity contribution in [2.24, 2.45) is 0 Å². The van der Waals surface area contributed by atoms with E-state index in [2.05, 4.69) is 10.6 Å². The van der Waals surface area contributed by atoms with Gasteiger partial charge in [-0.2, -0.15) is 0 Å². The predicted octanol–water partition coefficient (Wildman–Crippen LogP) is 1.35. The van der Waals surface area contributed by atoms with Gasteiger partial charge >= 0.3 is 0 Å². The van der Waals surface area contributed by atoms with E-state index in [0.29, 0.717) is 5.56 Å². The highest BCUT2D eigenvalue weighted by Gasteiger charge is 2.21. The largest absolute Gasteiger partial charge is 0.350 e. The zero-order chi connectivity index (χ0) is 13.7. The molecule has 0 radical (unpaired) electrons. The predicted molar refractivity (Wildman–Crippen MR) is 70.6 cm³/mol. The number of nitro benzene ring substituents is 1. The number of rotatable bonds is 4. The van der Waals surface area contributed by atoms with Crippen LogP contribution in [0.4, 0.5) is 5.69 Å². The van der Waals surface area contributed by atoms with Gasteiger partial charge in [0.05, 0.1) is 11.0 Å². The third-order valence-electron chi connectivity index (χ3n) is 3.27. The van der Waals surface area contributed by atoms with Crippen LogP contribution in [-0.4, -0.2) is 23.4 Å². The number of para-hydroxylation sites is 1. The Bertz CT molecular complexity index is 470. The molecule has 1 aliphatic rings. The Morgan fingerprint density at radius 2 is 2.21 bits per heavy atom. The molecule has 102 valence electrons. The summed E-state index contributed by atoms with van der Waals surface area (Å²) in [5.41, 5.74) is 0.566. The molecule has 2 rings (SSSR count). The Labute approximate surface area is 111 Å². The van der Waals surface area contributed by atoms with Crippen LogP contribution in [0.2, 0.25) is 0 Å². The Kier molecular flexibility index (Phi) is 4.46. The maximum atomic E-state index is 11.9. The fourth-order valence-electron chi connectivity index (χ4n) is 2.22. The van der Waals surface area contributed by atoms with E-state index < -0.39 is 4.92 Å². The van der Waals surface area contributed by atoms with Crippen LogP contribution in [0.15, 0.2) is 24.3 Å². The van der Waals surface area contributed by atoms with Gasteiger partial charge in [-0.3, -0.25) is 14.9 Å². The number of hydrogen-bond donors (Lipinski definition) is 2. The lowest BCUT2D eigenvalue weighted by molar-refractivity contribution is -0.385. The topological polar surface area (TPSA) is 84.3 Å². The summed E-state index contributed by atoms with van der Waals surface area (Å²) in [6, 6.07) is 6.28. The monoisotopic (exact) mass is 263 g/mol. The van der Waals surface area contributed by atoms with Crippen molar-refractivity contribution in [1.82, 2.24) is 10.6 Å². The highest BCUT2D eigenvalue weighted by molar-refractivity contribution is 5.81. The fraction of sp³-hybridized carbons (Fsp3) is 0.462. The van der Waals surface area contributed by atoms with Crippen molar-refractivity contribution in [3.8, 4) is 0 Å². The number of piperidine rings is 1. The van der Waals surface area contributed by atoms with Crippen molar-refractivity contribution >= 4 is 11.6 Å². The number of carbonyl (C=O) groups is 1. The zero-order valence-corrected chi connectivity index (χ0v) is 10.6. The first-order valence-electron chi connectivity index (χ1n) is 6.42. The number of carbonyl (C=O) groups excluding carboxylic acids is 1. The SMILES string of the molecule is O=C(NCc1ccccc1[N+](=O)[O-])[C@H]1CCCCN1. The lowest BCUT2D eigenvalue weighted by Gasteiger charge is -2.22. The van der Waals surface area contributed by atoms with Crippen LogP contribution in [0.1, 0.15) is 24.8 Å². The molecule has 0 saturated carbocycles. The number of nitrogens with zero attached hydrogens (tertiary/aromatic N) is 1. The van der Waals surface area contributed by atoms with Crippen molar-refractivity contribution < 1.29 is 9.72 Å². The first kappa shape index (κ1) is 13.5. The molecule has 1 heterocycles. The van der Waals surface area contributed by atoms with Crippen molar-refractivity contribution in [2.75, 3.05) is 6.54 Å². The molecule has 0 spiro atoms. The molecule has 6 heteroatoms. The van der Waals surface area contributed by atoms with Crippen molar-refractivity contribution in [2.45, 2.75) is 31.8 Å². The number of nitro groups is 1. The van der Waals surface area contributed by atoms with Gasteiger partial charge in [-0.1, -0.05) is 24.6 Å². The minimum absolute atomic E-state index is 0.0411. The molecule has 0 unspecified atom stereocenters. The zero-order valence-electron chi connectivity index (χ0n) is 10.6. The minimum atomic E-state index is -0.430. The van der Waals surface area contributed by atoms with Crippen molar-refractivity contribution in [3.05, 3.63) is 39.9 Å². The summed E-state index contributed by atoms with van der Waals surface area (Å²) in [5, 5.41) is 16.8. The molecule has 1 fully saturated rings. The molecule has 0 bridgehead atoms. The van der Waals surface area contributed by atoms with Gasteiger partial charge in [-0.25, -0.2) is 0 Å². The van der Waals surface area contributed by atoms with E-state index >= 15 is 0 Å². The second kappa shape index (κ2) is 6.29. The summed E-state index contributed by atoms with van der Waals surface area (Å²) < 4.78 is 0. The van der Waals surface area contributed by atoms with E-state index in [4.69, 9.17) is 0 Å². The maximum Gasteiger partial charge on any atom is 0.274 e. The van der Waals surface area contributed by atoms with Gasteiger partial charge in [-0.05, 0) is 19.4 Å². The molecule has 1 aromatic carbocycles. The summed E-state index contributed by atoms with van der Waals surface area (Å²) in [7, 11) is 0. The number of benzene rings is 1. The van der Waals surface area contributed by atoms with Crippen LogP contribution in [0.25, 0.3) is 0 Å². The van der Waals surface area contributed by atoms with Gasteiger partial charge in [0.1, 0.15) is 0 Å². The minimum Gasteiger partial charge on any atom is -0.350 e. The van der Waals surface area contributed by atoms with E-state index in [1.165, 1.54) is 6.07 Å². The third-order valence-corrected chi connectivity index (χ3v) is 3.27. The standard InChI is InChI=1S/C13H17N3O3/c17-13(11-6-3-4-8-14-11)15-9-10-5-1-2-7-12(10)16(18)19/h1-2,5,7,11,14H,3-4,6,8-9H2,(H,15,17)/t11-/m1/s1. The van der Waals surface area contributed by atoms with Gasteiger partial charge in [0.2, 0.25) is 5.91 Å². The number of amides is 1. The van der Waals surface area contributed by atoms with E-state index in [1.807, 2.05) is 0 Å². The van der Waals surface area contributed by atoms with E-state index in [0.717, 1.165) is 25.8 Å². The molecule has 0 aliphatic carbocycles. The van der Waals surface area contributed by atoms with Crippen LogP contribution in [0, 0.1) is 10.1 Å². The van der Waals surface area contributed by atoms with Gasteiger partial charge in [0.15, 0.2) is 0 Å². The Hall–Kier alpha value is -1.95. The van der Waals surface area contributed by atoms with Crippen LogP contribution >= 0.6 is 0 Å². The number of hydrogen-bond acceptors (Lipinski definition) is 4. The summed E-state index contributed by atoms with van der Waals surface area (Å²) in [5.74, 6) is -0.0853. The lowest BCUT2D eigenvalue weighted by Crippen LogP contribution is -2.46. The first-order chi connectivity index (χ1) is 9.18. The molecule has 6 nitrogen and oxygen atoms in total. The average Bonchev–Trinajstić information content (AvgIpc) is 2.46. The quantitative estimate of drug-likeness (QED) is 0.634. The Balaban J connectivity index is 1.94. The van der Waals surface area contributed by atoms with E-state index in [-0.39, 0.29) is 24.2 Å². The van der Waals surface area contributed by atoms with Gasteiger partial charge in [0.25, 0.3) is 5.69 Å². The highest BCUT2D eigenvalue weighted by Crippen LogP contribution is 2.17. The van der Waals surface area contributed by atoms with Crippen LogP contribution in [0.5, 0.6) is 0 Å². The fourth-order valence-corrected chi connectivity index (χ4v) is 2.22. The molecule has 1 aliphatic heterocycles. The van der Waals surface area contributed by atoms with E-state index in [1.54, 1.807) is 18.2 Å². The third kappa shape index (κ3) is 3.51. The normalized spacial score (nSPS) is 18.8. The van der Waals surface area contributed by atoms with Gasteiger partial charge < -0.3 is 10.6 Å². The van der Waals surface area contributed by atoms with E-state index in [9.17, 15) is 14.9 Å². The molecule has 19 heavy (non-hydrogen) atoms.